The monoisotopic (exact) mass is 203 g/mol. The van der Waals surface area contributed by atoms with E-state index in [2.05, 4.69) is 10.9 Å². The zero-order valence-corrected chi connectivity index (χ0v) is 8.35. The molecule has 15 heavy (non-hydrogen) atoms. The number of hydrogen-bond acceptors (Lipinski definition) is 2. The van der Waals surface area contributed by atoms with Gasteiger partial charge in [0.1, 0.15) is 11.4 Å². The van der Waals surface area contributed by atoms with Gasteiger partial charge in [-0.3, -0.25) is 4.40 Å². The van der Waals surface area contributed by atoms with E-state index in [1.165, 1.54) is 10.8 Å². The highest BCUT2D eigenvalue weighted by Crippen LogP contribution is 2.14. The van der Waals surface area contributed by atoms with Crippen LogP contribution in [0.15, 0.2) is 6.20 Å². The minimum absolute atomic E-state index is 0.184. The Morgan fingerprint density at radius 1 is 1.67 bits per heavy atom. The average Bonchev–Trinajstić information content (AvgIpc) is 2.66. The molecular formula is C10H9N3O2. The van der Waals surface area contributed by atoms with Gasteiger partial charge >= 0.3 is 5.97 Å². The second kappa shape index (κ2) is 2.89. The van der Waals surface area contributed by atoms with E-state index in [0.29, 0.717) is 11.5 Å². The van der Waals surface area contributed by atoms with E-state index in [-0.39, 0.29) is 5.69 Å². The molecule has 0 aromatic carbocycles. The second-order valence-corrected chi connectivity index (χ2v) is 3.24. The Kier molecular flexibility index (Phi) is 1.80. The molecule has 0 fully saturated rings. The van der Waals surface area contributed by atoms with Crippen LogP contribution in [-0.4, -0.2) is 25.0 Å². The first-order chi connectivity index (χ1) is 7.06. The van der Waals surface area contributed by atoms with Crippen LogP contribution in [0.3, 0.4) is 0 Å². The molecule has 0 bridgehead atoms. The van der Waals surface area contributed by atoms with Crippen LogP contribution in [0.5, 0.6) is 0 Å². The molecule has 2 rings (SSSR count). The summed E-state index contributed by atoms with van der Waals surface area (Å²) in [6.45, 7) is 1.81. The fourth-order valence-electron chi connectivity index (χ4n) is 1.54. The summed E-state index contributed by atoms with van der Waals surface area (Å²) in [7, 11) is 1.64. The predicted octanol–water partition coefficient (Wildman–Crippen LogP) is 0.661. The second-order valence-electron chi connectivity index (χ2n) is 3.24. The number of fused-ring (bicyclic) bond motifs is 1. The van der Waals surface area contributed by atoms with Gasteiger partial charge in [-0.05, 0) is 12.8 Å². The number of terminal acetylenes is 1. The SMILES string of the molecule is C#Cc1nc2n(C)c(C(=O)O)cn2c1C. The fourth-order valence-corrected chi connectivity index (χ4v) is 1.54. The molecule has 1 N–H and O–H groups in total. The summed E-state index contributed by atoms with van der Waals surface area (Å²) in [4.78, 5) is 15.0. The minimum Gasteiger partial charge on any atom is -0.477 e. The number of rotatable bonds is 1. The van der Waals surface area contributed by atoms with Crippen LogP contribution in [0.25, 0.3) is 5.78 Å². The first-order valence-corrected chi connectivity index (χ1v) is 4.30. The Labute approximate surface area is 86.0 Å². The molecule has 5 nitrogen and oxygen atoms in total. The molecule has 0 aliphatic rings. The van der Waals surface area contributed by atoms with E-state index in [1.807, 2.05) is 0 Å². The summed E-state index contributed by atoms with van der Waals surface area (Å²) in [6.07, 6.45) is 6.78. The number of imidazole rings is 2. The van der Waals surface area contributed by atoms with Crippen molar-refractivity contribution in [2.75, 3.05) is 0 Å². The van der Waals surface area contributed by atoms with Gasteiger partial charge in [0.05, 0.1) is 5.69 Å². The smallest absolute Gasteiger partial charge is 0.354 e. The molecule has 0 radical (unpaired) electrons. The highest BCUT2D eigenvalue weighted by molar-refractivity contribution is 5.86. The van der Waals surface area contributed by atoms with E-state index in [1.54, 1.807) is 18.4 Å². The molecule has 2 heterocycles. The lowest BCUT2D eigenvalue weighted by molar-refractivity contribution is 0.0687. The summed E-state index contributed by atoms with van der Waals surface area (Å²) in [5.74, 6) is 2.01. The van der Waals surface area contributed by atoms with Crippen molar-refractivity contribution in [3.63, 3.8) is 0 Å². The van der Waals surface area contributed by atoms with Crippen LogP contribution in [0.4, 0.5) is 0 Å². The van der Waals surface area contributed by atoms with Crippen molar-refractivity contribution in [2.24, 2.45) is 7.05 Å². The highest BCUT2D eigenvalue weighted by Gasteiger charge is 2.16. The zero-order valence-electron chi connectivity index (χ0n) is 8.35. The average molecular weight is 203 g/mol. The summed E-state index contributed by atoms with van der Waals surface area (Å²) >= 11 is 0. The Balaban J connectivity index is 2.83. The number of hydrogen-bond donors (Lipinski definition) is 1. The first kappa shape index (κ1) is 9.34. The third-order valence-electron chi connectivity index (χ3n) is 2.40. The van der Waals surface area contributed by atoms with Crippen LogP contribution in [-0.2, 0) is 7.05 Å². The minimum atomic E-state index is -0.982. The van der Waals surface area contributed by atoms with Gasteiger partial charge in [0.2, 0.25) is 5.78 Å². The highest BCUT2D eigenvalue weighted by atomic mass is 16.4. The molecule has 2 aromatic rings. The van der Waals surface area contributed by atoms with Crippen LogP contribution >= 0.6 is 0 Å². The molecule has 2 aromatic heterocycles. The normalized spacial score (nSPS) is 10.5. The molecule has 0 unspecified atom stereocenters. The van der Waals surface area contributed by atoms with Gasteiger partial charge in [0.15, 0.2) is 0 Å². The van der Waals surface area contributed by atoms with Crippen LogP contribution < -0.4 is 0 Å². The maximum Gasteiger partial charge on any atom is 0.354 e. The number of aromatic carboxylic acids is 1. The van der Waals surface area contributed by atoms with Gasteiger partial charge in [-0.15, -0.1) is 6.42 Å². The van der Waals surface area contributed by atoms with Gasteiger partial charge in [-0.25, -0.2) is 9.78 Å². The van der Waals surface area contributed by atoms with Crippen molar-refractivity contribution in [1.29, 1.82) is 0 Å². The third kappa shape index (κ3) is 1.12. The molecule has 0 spiro atoms. The lowest BCUT2D eigenvalue weighted by atomic mass is 10.3. The van der Waals surface area contributed by atoms with Crippen molar-refractivity contribution in [1.82, 2.24) is 14.0 Å². The number of carboxylic acids is 1. The van der Waals surface area contributed by atoms with Crippen LogP contribution in [0.2, 0.25) is 0 Å². The zero-order chi connectivity index (χ0) is 11.2. The van der Waals surface area contributed by atoms with Gasteiger partial charge in [0, 0.05) is 13.2 Å². The van der Waals surface area contributed by atoms with Crippen LogP contribution in [0.1, 0.15) is 21.9 Å². The van der Waals surface area contributed by atoms with Gasteiger partial charge in [-0.1, -0.05) is 0 Å². The van der Waals surface area contributed by atoms with Crippen LogP contribution in [0, 0.1) is 19.3 Å². The largest absolute Gasteiger partial charge is 0.477 e. The molecule has 0 amide bonds. The summed E-state index contributed by atoms with van der Waals surface area (Å²) in [5, 5.41) is 8.90. The van der Waals surface area contributed by atoms with Crippen molar-refractivity contribution >= 4 is 11.7 Å². The summed E-state index contributed by atoms with van der Waals surface area (Å²) in [6, 6.07) is 0. The van der Waals surface area contributed by atoms with Crippen molar-refractivity contribution in [3.8, 4) is 12.3 Å². The number of nitrogens with zero attached hydrogens (tertiary/aromatic N) is 3. The Bertz CT molecular complexity index is 598. The maximum absolute atomic E-state index is 10.9. The van der Waals surface area contributed by atoms with E-state index in [9.17, 15) is 4.79 Å². The molecule has 0 aliphatic carbocycles. The standard InChI is InChI=1S/C10H9N3O2/c1-4-7-6(2)13-5-8(9(14)15)12(3)10(13)11-7/h1,5H,2-3H3,(H,14,15). The van der Waals surface area contributed by atoms with E-state index in [0.717, 1.165) is 5.69 Å². The molecular weight excluding hydrogens is 194 g/mol. The van der Waals surface area contributed by atoms with E-state index in [4.69, 9.17) is 11.5 Å². The van der Waals surface area contributed by atoms with Gasteiger partial charge in [-0.2, -0.15) is 0 Å². The Hall–Kier alpha value is -2.22. The third-order valence-corrected chi connectivity index (χ3v) is 2.40. The summed E-state index contributed by atoms with van der Waals surface area (Å²) < 4.78 is 3.18. The molecule has 0 atom stereocenters. The Morgan fingerprint density at radius 2 is 2.33 bits per heavy atom. The number of carboxylic acid groups (broad SMARTS) is 1. The predicted molar refractivity (Wildman–Crippen MR) is 53.8 cm³/mol. The molecule has 0 aliphatic heterocycles. The summed E-state index contributed by atoms with van der Waals surface area (Å²) in [5.41, 5.74) is 1.50. The van der Waals surface area contributed by atoms with Gasteiger partial charge < -0.3 is 9.67 Å². The van der Waals surface area contributed by atoms with Crippen molar-refractivity contribution in [2.45, 2.75) is 6.92 Å². The maximum atomic E-state index is 10.9. The number of aryl methyl sites for hydroxylation is 2. The Morgan fingerprint density at radius 3 is 2.80 bits per heavy atom. The van der Waals surface area contributed by atoms with E-state index < -0.39 is 5.97 Å². The quantitative estimate of drug-likeness (QED) is 0.692. The van der Waals surface area contributed by atoms with Gasteiger partial charge in [0.25, 0.3) is 0 Å². The van der Waals surface area contributed by atoms with E-state index >= 15 is 0 Å². The lowest BCUT2D eigenvalue weighted by Gasteiger charge is -1.93. The molecule has 0 saturated heterocycles. The molecule has 76 valence electrons. The fraction of sp³-hybridized carbons (Fsp3) is 0.200. The van der Waals surface area contributed by atoms with Crippen molar-refractivity contribution in [3.05, 3.63) is 23.3 Å². The lowest BCUT2D eigenvalue weighted by Crippen LogP contribution is -2.04. The molecule has 5 heteroatoms. The first-order valence-electron chi connectivity index (χ1n) is 4.30. The number of carbonyl (C=O) groups is 1. The van der Waals surface area contributed by atoms with Crippen molar-refractivity contribution < 1.29 is 9.90 Å². The number of aromatic nitrogens is 3. The molecule has 0 saturated carbocycles. The topological polar surface area (TPSA) is 59.5 Å².